The number of alkyl halides is 3. The molecule has 0 unspecified atom stereocenters. The Kier molecular flexibility index (Phi) is 8.13. The van der Waals surface area contributed by atoms with Gasteiger partial charge in [-0.1, -0.05) is 63.3 Å². The molecular formula is C18H26F3NO. The Morgan fingerprint density at radius 3 is 2.17 bits per heavy atom. The zero-order valence-electron chi connectivity index (χ0n) is 13.9. The molecule has 130 valence electrons. The van der Waals surface area contributed by atoms with Crippen LogP contribution in [0.4, 0.5) is 13.2 Å². The van der Waals surface area contributed by atoms with Gasteiger partial charge in [0.15, 0.2) is 0 Å². The number of aryl methyl sites for hydroxylation is 1. The Balaban J connectivity index is 2.39. The minimum Gasteiger partial charge on any atom is -0.342 e. The van der Waals surface area contributed by atoms with E-state index in [2.05, 4.69) is 6.92 Å². The van der Waals surface area contributed by atoms with E-state index >= 15 is 0 Å². The Labute approximate surface area is 136 Å². The Hall–Kier alpha value is -1.52. The molecule has 0 heterocycles. The molecule has 0 aromatic heterocycles. The van der Waals surface area contributed by atoms with Crippen LogP contribution in [0, 0.1) is 0 Å². The van der Waals surface area contributed by atoms with Crippen LogP contribution in [0.25, 0.3) is 0 Å². The number of rotatable bonds is 9. The highest BCUT2D eigenvalue weighted by molar-refractivity contribution is 5.82. The van der Waals surface area contributed by atoms with Gasteiger partial charge < -0.3 is 5.32 Å². The average Bonchev–Trinajstić information content (AvgIpc) is 2.50. The molecule has 1 atom stereocenters. The second-order valence-corrected chi connectivity index (χ2v) is 5.95. The maximum absolute atomic E-state index is 12.2. The lowest BCUT2D eigenvalue weighted by molar-refractivity contribution is -0.174. The van der Waals surface area contributed by atoms with E-state index < -0.39 is 18.1 Å². The van der Waals surface area contributed by atoms with E-state index in [-0.39, 0.29) is 0 Å². The van der Waals surface area contributed by atoms with Gasteiger partial charge >= 0.3 is 12.1 Å². The number of benzene rings is 1. The van der Waals surface area contributed by atoms with Crippen LogP contribution in [0.3, 0.4) is 0 Å². The topological polar surface area (TPSA) is 29.1 Å². The van der Waals surface area contributed by atoms with Gasteiger partial charge in [0.2, 0.25) is 0 Å². The maximum Gasteiger partial charge on any atom is 0.471 e. The van der Waals surface area contributed by atoms with Crippen LogP contribution in [0.1, 0.15) is 69.5 Å². The number of carbonyl (C=O) groups is 1. The average molecular weight is 329 g/mol. The van der Waals surface area contributed by atoms with Crippen molar-refractivity contribution >= 4 is 5.91 Å². The summed E-state index contributed by atoms with van der Waals surface area (Å²) >= 11 is 0. The van der Waals surface area contributed by atoms with Crippen molar-refractivity contribution < 1.29 is 18.0 Å². The molecule has 1 aromatic carbocycles. The number of carbonyl (C=O) groups excluding carboxylic acids is 1. The first-order valence-electron chi connectivity index (χ1n) is 8.31. The molecule has 0 spiro atoms. The van der Waals surface area contributed by atoms with Crippen molar-refractivity contribution in [2.75, 3.05) is 0 Å². The highest BCUT2D eigenvalue weighted by Gasteiger charge is 2.39. The van der Waals surface area contributed by atoms with Crippen molar-refractivity contribution in [2.24, 2.45) is 0 Å². The lowest BCUT2D eigenvalue weighted by Crippen LogP contribution is -2.38. The number of amides is 1. The van der Waals surface area contributed by atoms with Gasteiger partial charge in [0.05, 0.1) is 6.04 Å². The Bertz CT molecular complexity index is 468. The van der Waals surface area contributed by atoms with Crippen molar-refractivity contribution in [3.63, 3.8) is 0 Å². The standard InChI is InChI=1S/C18H26F3NO/c1-3-4-5-6-7-8-9-15-10-12-16(13-11-15)14(2)22-17(23)18(19,20)21/h10-14H,3-9H2,1-2H3,(H,22,23)/t14-/m0/s1. The highest BCUT2D eigenvalue weighted by atomic mass is 19.4. The molecule has 23 heavy (non-hydrogen) atoms. The zero-order valence-corrected chi connectivity index (χ0v) is 13.9. The van der Waals surface area contributed by atoms with Crippen LogP contribution in [0.5, 0.6) is 0 Å². The number of nitrogens with one attached hydrogen (secondary N) is 1. The molecular weight excluding hydrogens is 303 g/mol. The van der Waals surface area contributed by atoms with Gasteiger partial charge in [0.25, 0.3) is 0 Å². The first-order chi connectivity index (χ1) is 10.8. The highest BCUT2D eigenvalue weighted by Crippen LogP contribution is 2.19. The molecule has 1 aromatic rings. The van der Waals surface area contributed by atoms with E-state index in [0.29, 0.717) is 5.56 Å². The van der Waals surface area contributed by atoms with Gasteiger partial charge in [0.1, 0.15) is 0 Å². The predicted molar refractivity (Wildman–Crippen MR) is 86.1 cm³/mol. The fraction of sp³-hybridized carbons (Fsp3) is 0.611. The molecule has 0 saturated carbocycles. The van der Waals surface area contributed by atoms with E-state index in [1.165, 1.54) is 37.7 Å². The minimum absolute atomic E-state index is 0.660. The molecule has 0 bridgehead atoms. The fourth-order valence-electron chi connectivity index (χ4n) is 2.44. The molecule has 0 aliphatic rings. The molecule has 1 amide bonds. The zero-order chi connectivity index (χ0) is 17.3. The third-order valence-corrected chi connectivity index (χ3v) is 3.90. The third-order valence-electron chi connectivity index (χ3n) is 3.90. The number of hydrogen-bond donors (Lipinski definition) is 1. The summed E-state index contributed by atoms with van der Waals surface area (Å²) in [7, 11) is 0. The number of unbranched alkanes of at least 4 members (excludes halogenated alkanes) is 5. The summed E-state index contributed by atoms with van der Waals surface area (Å²) in [5, 5.41) is 1.96. The van der Waals surface area contributed by atoms with Gasteiger partial charge in [-0.05, 0) is 30.9 Å². The van der Waals surface area contributed by atoms with Crippen LogP contribution < -0.4 is 5.32 Å². The minimum atomic E-state index is -4.84. The molecule has 2 nitrogen and oxygen atoms in total. The largest absolute Gasteiger partial charge is 0.471 e. The third kappa shape index (κ3) is 7.53. The SMILES string of the molecule is CCCCCCCCc1ccc([C@H](C)NC(=O)C(F)(F)F)cc1. The second kappa shape index (κ2) is 9.58. The summed E-state index contributed by atoms with van der Waals surface area (Å²) in [5.41, 5.74) is 1.85. The van der Waals surface area contributed by atoms with Gasteiger partial charge in [-0.2, -0.15) is 13.2 Å². The predicted octanol–water partition coefficient (Wildman–Crippen LogP) is 5.33. The molecule has 0 aliphatic carbocycles. The van der Waals surface area contributed by atoms with E-state index in [1.54, 1.807) is 19.1 Å². The van der Waals surface area contributed by atoms with Crippen molar-refractivity contribution in [3.8, 4) is 0 Å². The van der Waals surface area contributed by atoms with Crippen LogP contribution in [0.15, 0.2) is 24.3 Å². The summed E-state index contributed by atoms with van der Waals surface area (Å²) < 4.78 is 36.7. The maximum atomic E-state index is 12.2. The van der Waals surface area contributed by atoms with Gasteiger partial charge in [-0.25, -0.2) is 0 Å². The van der Waals surface area contributed by atoms with E-state index in [4.69, 9.17) is 0 Å². The van der Waals surface area contributed by atoms with Crippen LogP contribution in [0.2, 0.25) is 0 Å². The normalized spacial score (nSPS) is 12.9. The molecule has 0 aliphatic heterocycles. The van der Waals surface area contributed by atoms with E-state index in [9.17, 15) is 18.0 Å². The Morgan fingerprint density at radius 1 is 1.04 bits per heavy atom. The summed E-state index contributed by atoms with van der Waals surface area (Å²) in [6, 6.07) is 6.77. The lowest BCUT2D eigenvalue weighted by Gasteiger charge is -2.16. The van der Waals surface area contributed by atoms with Crippen LogP contribution >= 0.6 is 0 Å². The summed E-state index contributed by atoms with van der Waals surface area (Å²) in [4.78, 5) is 10.9. The Morgan fingerprint density at radius 2 is 1.61 bits per heavy atom. The smallest absolute Gasteiger partial charge is 0.342 e. The van der Waals surface area contributed by atoms with Crippen molar-refractivity contribution in [3.05, 3.63) is 35.4 Å². The summed E-state index contributed by atoms with van der Waals surface area (Å²) in [5.74, 6) is -1.90. The van der Waals surface area contributed by atoms with E-state index in [0.717, 1.165) is 12.8 Å². The number of halogens is 3. The lowest BCUT2D eigenvalue weighted by atomic mass is 10.0. The van der Waals surface area contributed by atoms with Crippen molar-refractivity contribution in [1.29, 1.82) is 0 Å². The van der Waals surface area contributed by atoms with E-state index in [1.807, 2.05) is 17.4 Å². The molecule has 0 radical (unpaired) electrons. The van der Waals surface area contributed by atoms with Crippen LogP contribution in [-0.4, -0.2) is 12.1 Å². The van der Waals surface area contributed by atoms with Crippen molar-refractivity contribution in [2.45, 2.75) is 71.0 Å². The van der Waals surface area contributed by atoms with Crippen LogP contribution in [-0.2, 0) is 11.2 Å². The quantitative estimate of drug-likeness (QED) is 0.610. The van der Waals surface area contributed by atoms with Gasteiger partial charge in [-0.15, -0.1) is 0 Å². The first-order valence-corrected chi connectivity index (χ1v) is 8.31. The van der Waals surface area contributed by atoms with Crippen molar-refractivity contribution in [1.82, 2.24) is 5.32 Å². The first kappa shape index (κ1) is 19.5. The fourth-order valence-corrected chi connectivity index (χ4v) is 2.44. The summed E-state index contributed by atoms with van der Waals surface area (Å²) in [6.45, 7) is 3.74. The molecule has 0 fully saturated rings. The summed E-state index contributed by atoms with van der Waals surface area (Å²) in [6.07, 6.45) is 3.55. The molecule has 1 N–H and O–H groups in total. The van der Waals surface area contributed by atoms with Gasteiger partial charge in [-0.3, -0.25) is 4.79 Å². The molecule has 0 saturated heterocycles. The monoisotopic (exact) mass is 329 g/mol. The molecule has 5 heteroatoms. The second-order valence-electron chi connectivity index (χ2n) is 5.95. The van der Waals surface area contributed by atoms with Gasteiger partial charge in [0, 0.05) is 0 Å². The number of hydrogen-bond acceptors (Lipinski definition) is 1. The molecule has 1 rings (SSSR count).